The largest absolute Gasteiger partial charge is 0.355 e. The van der Waals surface area contributed by atoms with Crippen LogP contribution in [0.25, 0.3) is 49.8 Å². The van der Waals surface area contributed by atoms with Gasteiger partial charge in [0.25, 0.3) is 0 Å². The smallest absolute Gasteiger partial charge is 0.0547 e. The van der Waals surface area contributed by atoms with Crippen molar-refractivity contribution >= 4 is 44.3 Å². The van der Waals surface area contributed by atoms with Crippen LogP contribution < -0.4 is 10.2 Å². The molecule has 0 radical (unpaired) electrons. The average molecular weight is 656 g/mol. The molecular formula is C48H37N3. The van der Waals surface area contributed by atoms with E-state index < -0.39 is 0 Å². The molecule has 244 valence electrons. The van der Waals surface area contributed by atoms with Crippen molar-refractivity contribution in [3.05, 3.63) is 198 Å². The number of hydrogen-bond acceptors (Lipinski definition) is 2. The number of nitrogens with zero attached hydrogens (tertiary/aromatic N) is 2. The molecular weight excluding hydrogens is 619 g/mol. The number of allylic oxidation sites excluding steroid dienone is 7. The van der Waals surface area contributed by atoms with Crippen LogP contribution in [0, 0.1) is 0 Å². The maximum absolute atomic E-state index is 3.82. The van der Waals surface area contributed by atoms with Crippen LogP contribution in [0.3, 0.4) is 0 Å². The fraction of sp³-hybridized carbons (Fsp3) is 0.0833. The van der Waals surface area contributed by atoms with Crippen LogP contribution in [0.4, 0.5) is 11.4 Å². The summed E-state index contributed by atoms with van der Waals surface area (Å²) in [4.78, 5) is 2.41. The third-order valence-corrected chi connectivity index (χ3v) is 11.0. The molecule has 2 heterocycles. The highest BCUT2D eigenvalue weighted by Crippen LogP contribution is 2.48. The molecule has 6 aromatic carbocycles. The Morgan fingerprint density at radius 1 is 0.608 bits per heavy atom. The second-order valence-electron chi connectivity index (χ2n) is 13.9. The molecule has 7 aromatic rings. The first-order valence-corrected chi connectivity index (χ1v) is 17.9. The molecule has 0 saturated carbocycles. The van der Waals surface area contributed by atoms with Gasteiger partial charge in [0.05, 0.1) is 11.0 Å². The van der Waals surface area contributed by atoms with E-state index in [2.05, 4.69) is 192 Å². The Kier molecular flexibility index (Phi) is 6.92. The molecule has 3 aliphatic rings. The molecule has 0 fully saturated rings. The molecule has 0 spiro atoms. The Balaban J connectivity index is 0.963. The average Bonchev–Trinajstić information content (AvgIpc) is 3.89. The summed E-state index contributed by atoms with van der Waals surface area (Å²) in [7, 11) is 2.23. The molecule has 51 heavy (non-hydrogen) atoms. The summed E-state index contributed by atoms with van der Waals surface area (Å²) in [6.07, 6.45) is 11.2. The fourth-order valence-electron chi connectivity index (χ4n) is 8.43. The van der Waals surface area contributed by atoms with Gasteiger partial charge in [-0.25, -0.2) is 0 Å². The molecule has 1 aromatic heterocycles. The highest BCUT2D eigenvalue weighted by atomic mass is 15.2. The number of hydrogen-bond donors (Lipinski definition) is 1. The number of aromatic nitrogens is 1. The van der Waals surface area contributed by atoms with Gasteiger partial charge in [0.2, 0.25) is 0 Å². The van der Waals surface area contributed by atoms with Crippen molar-refractivity contribution in [2.75, 3.05) is 17.3 Å². The summed E-state index contributed by atoms with van der Waals surface area (Å²) in [5, 5.41) is 6.37. The van der Waals surface area contributed by atoms with Crippen molar-refractivity contribution in [3.8, 4) is 16.8 Å². The van der Waals surface area contributed by atoms with Gasteiger partial charge in [0, 0.05) is 57.8 Å². The van der Waals surface area contributed by atoms with Crippen LogP contribution in [0.15, 0.2) is 181 Å². The van der Waals surface area contributed by atoms with Crippen molar-refractivity contribution in [2.24, 2.45) is 0 Å². The molecule has 1 unspecified atom stereocenters. The minimum absolute atomic E-state index is 0.345. The molecule has 2 aliphatic carbocycles. The predicted molar refractivity (Wildman–Crippen MR) is 215 cm³/mol. The van der Waals surface area contributed by atoms with Crippen LogP contribution >= 0.6 is 0 Å². The van der Waals surface area contributed by atoms with Crippen molar-refractivity contribution in [1.29, 1.82) is 0 Å². The molecule has 0 saturated heterocycles. The molecule has 1 aliphatic heterocycles. The monoisotopic (exact) mass is 655 g/mol. The van der Waals surface area contributed by atoms with Crippen LogP contribution in [0.5, 0.6) is 0 Å². The van der Waals surface area contributed by atoms with Crippen molar-refractivity contribution < 1.29 is 0 Å². The summed E-state index contributed by atoms with van der Waals surface area (Å²) < 4.78 is 2.44. The summed E-state index contributed by atoms with van der Waals surface area (Å²) in [6.45, 7) is 0. The summed E-state index contributed by atoms with van der Waals surface area (Å²) in [6, 6.07) is 52.9. The Morgan fingerprint density at radius 2 is 1.33 bits per heavy atom. The molecule has 1 atom stereocenters. The number of nitrogens with one attached hydrogen (secondary N) is 1. The van der Waals surface area contributed by atoms with E-state index >= 15 is 0 Å². The quantitative estimate of drug-likeness (QED) is 0.192. The minimum Gasteiger partial charge on any atom is -0.355 e. The van der Waals surface area contributed by atoms with Gasteiger partial charge in [-0.15, -0.1) is 0 Å². The lowest BCUT2D eigenvalue weighted by atomic mass is 9.91. The van der Waals surface area contributed by atoms with E-state index in [-0.39, 0.29) is 0 Å². The van der Waals surface area contributed by atoms with E-state index in [4.69, 9.17) is 0 Å². The third-order valence-electron chi connectivity index (χ3n) is 11.0. The predicted octanol–water partition coefficient (Wildman–Crippen LogP) is 12.1. The van der Waals surface area contributed by atoms with E-state index in [1.54, 1.807) is 0 Å². The van der Waals surface area contributed by atoms with Gasteiger partial charge in [0.1, 0.15) is 0 Å². The number of rotatable bonds is 6. The van der Waals surface area contributed by atoms with Gasteiger partial charge in [-0.05, 0) is 82.6 Å². The Hall–Kier alpha value is -6.32. The van der Waals surface area contributed by atoms with Crippen LogP contribution in [-0.2, 0) is 0 Å². The highest BCUT2D eigenvalue weighted by Gasteiger charge is 2.33. The van der Waals surface area contributed by atoms with Crippen molar-refractivity contribution in [3.63, 3.8) is 0 Å². The first kappa shape index (κ1) is 29.6. The first-order valence-electron chi connectivity index (χ1n) is 17.9. The second kappa shape index (κ2) is 11.9. The molecule has 0 bridgehead atoms. The van der Waals surface area contributed by atoms with Crippen LogP contribution in [0.1, 0.15) is 35.4 Å². The normalized spacial score (nSPS) is 16.4. The topological polar surface area (TPSA) is 20.2 Å². The highest BCUT2D eigenvalue weighted by molar-refractivity contribution is 6.10. The van der Waals surface area contributed by atoms with Crippen molar-refractivity contribution in [2.45, 2.75) is 18.8 Å². The van der Waals surface area contributed by atoms with Gasteiger partial charge in [-0.3, -0.25) is 0 Å². The zero-order valence-electron chi connectivity index (χ0n) is 28.6. The standard InChI is InChI=1S/C48H37N3/c1-50-46-30-37(49-44-18-10-8-16-39(44)36-21-20-34(28-36)32-12-4-2-5-13-32)23-26-41(46)42-27-24-38(31-47(42)50)51-45-19-11-9-17-40(45)43-25-22-35(29-48(43)51)33-14-6-3-7-15-33/h2-25,27,29-31,41,49H,26,28H2,1H3. The maximum atomic E-state index is 3.82. The van der Waals surface area contributed by atoms with E-state index in [0.29, 0.717) is 5.92 Å². The molecule has 3 heteroatoms. The van der Waals surface area contributed by atoms with Crippen LogP contribution in [0.2, 0.25) is 0 Å². The second-order valence-corrected chi connectivity index (χ2v) is 13.9. The lowest BCUT2D eigenvalue weighted by Gasteiger charge is -2.23. The Labute approximate surface area is 298 Å². The summed E-state index contributed by atoms with van der Waals surface area (Å²) >= 11 is 0. The zero-order chi connectivity index (χ0) is 33.9. The lowest BCUT2D eigenvalue weighted by molar-refractivity contribution is 0.804. The summed E-state index contributed by atoms with van der Waals surface area (Å²) in [5.41, 5.74) is 17.7. The maximum Gasteiger partial charge on any atom is 0.0547 e. The van der Waals surface area contributed by atoms with E-state index in [0.717, 1.165) is 24.2 Å². The molecule has 1 N–H and O–H groups in total. The Morgan fingerprint density at radius 3 is 2.20 bits per heavy atom. The number of benzene rings is 6. The van der Waals surface area contributed by atoms with E-state index in [9.17, 15) is 0 Å². The third kappa shape index (κ3) is 4.96. The molecule has 0 amide bonds. The minimum atomic E-state index is 0.345. The lowest BCUT2D eigenvalue weighted by Crippen LogP contribution is -2.17. The number of fused-ring (bicyclic) bond motifs is 6. The van der Waals surface area contributed by atoms with Crippen LogP contribution in [-0.4, -0.2) is 11.6 Å². The number of likely N-dealkylation sites (N-methyl/N-ethyl adjacent to an activating group) is 1. The number of anilines is 2. The first-order chi connectivity index (χ1) is 25.2. The summed E-state index contributed by atoms with van der Waals surface area (Å²) in [5.74, 6) is 0.345. The zero-order valence-corrected chi connectivity index (χ0v) is 28.6. The van der Waals surface area contributed by atoms with E-state index in [1.165, 1.54) is 77.8 Å². The van der Waals surface area contributed by atoms with Gasteiger partial charge in [-0.2, -0.15) is 0 Å². The SMILES string of the molecule is CN1C2=CC(Nc3ccccc3C3=CC=C(c4ccccc4)C3)=CCC2c2ccc(-n3c4ccccc4c4ccc(-c5ccccc5)cc43)cc21. The van der Waals surface area contributed by atoms with Gasteiger partial charge in [0.15, 0.2) is 0 Å². The van der Waals surface area contributed by atoms with E-state index in [1.807, 2.05) is 0 Å². The Bertz CT molecular complexity index is 2620. The molecule has 3 nitrogen and oxygen atoms in total. The van der Waals surface area contributed by atoms with Gasteiger partial charge < -0.3 is 14.8 Å². The fourth-order valence-corrected chi connectivity index (χ4v) is 8.43. The van der Waals surface area contributed by atoms with Gasteiger partial charge >= 0.3 is 0 Å². The van der Waals surface area contributed by atoms with Crippen molar-refractivity contribution in [1.82, 2.24) is 4.57 Å². The number of para-hydroxylation sites is 2. The van der Waals surface area contributed by atoms with Gasteiger partial charge in [-0.1, -0.05) is 133 Å². The molecule has 10 rings (SSSR count).